The Morgan fingerprint density at radius 2 is 1.96 bits per heavy atom. The van der Waals surface area contributed by atoms with E-state index in [0.29, 0.717) is 39.4 Å². The molecule has 0 aromatic heterocycles. The molecule has 26 heavy (non-hydrogen) atoms. The number of rotatable bonds is 4. The van der Waals surface area contributed by atoms with Crippen LogP contribution in [-0.2, 0) is 14.3 Å². The molecule has 0 aliphatic carbocycles. The quantitative estimate of drug-likeness (QED) is 0.891. The largest absolute Gasteiger partial charge is 0.378 e. The van der Waals surface area contributed by atoms with Gasteiger partial charge in [0.15, 0.2) is 0 Å². The van der Waals surface area contributed by atoms with Crippen LogP contribution in [0, 0.1) is 19.8 Å². The van der Waals surface area contributed by atoms with Crippen molar-refractivity contribution in [3.63, 3.8) is 0 Å². The van der Waals surface area contributed by atoms with Gasteiger partial charge in [0.05, 0.1) is 25.7 Å². The first kappa shape index (κ1) is 18.9. The average Bonchev–Trinajstić information content (AvgIpc) is 2.65. The summed E-state index contributed by atoms with van der Waals surface area (Å²) in [5.74, 6) is 0.196. The van der Waals surface area contributed by atoms with Crippen LogP contribution >= 0.6 is 0 Å². The highest BCUT2D eigenvalue weighted by molar-refractivity contribution is 5.93. The first-order chi connectivity index (χ1) is 12.5. The number of nitrogens with one attached hydrogen (secondary N) is 1. The van der Waals surface area contributed by atoms with Gasteiger partial charge in [-0.25, -0.2) is 0 Å². The van der Waals surface area contributed by atoms with Gasteiger partial charge in [0.1, 0.15) is 0 Å². The van der Waals surface area contributed by atoms with Crippen molar-refractivity contribution in [3.8, 4) is 0 Å². The molecule has 0 spiro atoms. The second-order valence-electron chi connectivity index (χ2n) is 7.38. The van der Waals surface area contributed by atoms with Crippen LogP contribution in [0.15, 0.2) is 18.2 Å². The van der Waals surface area contributed by atoms with Crippen molar-refractivity contribution < 1.29 is 14.3 Å². The van der Waals surface area contributed by atoms with E-state index in [9.17, 15) is 9.59 Å². The number of ether oxygens (including phenoxy) is 1. The van der Waals surface area contributed by atoms with Crippen LogP contribution in [0.3, 0.4) is 0 Å². The van der Waals surface area contributed by atoms with Crippen molar-refractivity contribution in [3.05, 3.63) is 29.3 Å². The van der Waals surface area contributed by atoms with Gasteiger partial charge in [-0.3, -0.25) is 14.5 Å². The van der Waals surface area contributed by atoms with Crippen molar-refractivity contribution in [2.45, 2.75) is 26.7 Å². The van der Waals surface area contributed by atoms with Gasteiger partial charge in [0.25, 0.3) is 0 Å². The minimum Gasteiger partial charge on any atom is -0.378 e. The lowest BCUT2D eigenvalue weighted by molar-refractivity contribution is -0.141. The van der Waals surface area contributed by atoms with Crippen molar-refractivity contribution >= 4 is 17.5 Å². The summed E-state index contributed by atoms with van der Waals surface area (Å²) >= 11 is 0. The molecule has 1 unspecified atom stereocenters. The smallest absolute Gasteiger partial charge is 0.238 e. The third-order valence-electron chi connectivity index (χ3n) is 5.21. The van der Waals surface area contributed by atoms with Gasteiger partial charge in [-0.1, -0.05) is 12.1 Å². The second-order valence-corrected chi connectivity index (χ2v) is 7.38. The molecule has 2 fully saturated rings. The molecule has 0 bridgehead atoms. The standard InChI is InChI=1S/C20H29N3O3/c1-15-5-6-16(2)18(12-15)21-19(24)14-22-7-3-4-17(13-22)20(25)23-8-10-26-11-9-23/h5-6,12,17H,3-4,7-11,13-14H2,1-2H3,(H,21,24). The van der Waals surface area contributed by atoms with E-state index in [2.05, 4.69) is 10.2 Å². The van der Waals surface area contributed by atoms with Crippen LogP contribution in [0.4, 0.5) is 5.69 Å². The van der Waals surface area contributed by atoms with Gasteiger partial charge in [-0.2, -0.15) is 0 Å². The van der Waals surface area contributed by atoms with E-state index in [0.717, 1.165) is 36.2 Å². The highest BCUT2D eigenvalue weighted by atomic mass is 16.5. The molecule has 2 saturated heterocycles. The highest BCUT2D eigenvalue weighted by Gasteiger charge is 2.30. The summed E-state index contributed by atoms with van der Waals surface area (Å²) in [6.07, 6.45) is 1.86. The third kappa shape index (κ3) is 4.83. The number of amides is 2. The molecule has 1 atom stereocenters. The van der Waals surface area contributed by atoms with E-state index in [1.165, 1.54) is 0 Å². The number of carbonyl (C=O) groups is 2. The molecule has 1 N–H and O–H groups in total. The Morgan fingerprint density at radius 3 is 2.73 bits per heavy atom. The van der Waals surface area contributed by atoms with E-state index in [1.807, 2.05) is 36.9 Å². The van der Waals surface area contributed by atoms with Crippen LogP contribution in [0.5, 0.6) is 0 Å². The number of carbonyl (C=O) groups excluding carboxylic acids is 2. The summed E-state index contributed by atoms with van der Waals surface area (Å²) in [6.45, 7) is 8.49. The summed E-state index contributed by atoms with van der Waals surface area (Å²) in [5.41, 5.74) is 3.05. The van der Waals surface area contributed by atoms with Crippen molar-refractivity contribution in [1.82, 2.24) is 9.80 Å². The SMILES string of the molecule is Cc1ccc(C)c(NC(=O)CN2CCCC(C(=O)N3CCOCC3)C2)c1. The summed E-state index contributed by atoms with van der Waals surface area (Å²) < 4.78 is 5.33. The van der Waals surface area contributed by atoms with E-state index in [4.69, 9.17) is 4.74 Å². The lowest BCUT2D eigenvalue weighted by Crippen LogP contribution is -2.49. The van der Waals surface area contributed by atoms with Crippen LogP contribution in [0.1, 0.15) is 24.0 Å². The number of hydrogen-bond donors (Lipinski definition) is 1. The molecule has 1 aromatic carbocycles. The number of piperidine rings is 1. The zero-order valence-corrected chi connectivity index (χ0v) is 15.8. The van der Waals surface area contributed by atoms with E-state index >= 15 is 0 Å². The number of likely N-dealkylation sites (tertiary alicyclic amines) is 1. The molecule has 2 aliphatic heterocycles. The fourth-order valence-corrected chi connectivity index (χ4v) is 3.71. The second kappa shape index (κ2) is 8.64. The van der Waals surface area contributed by atoms with Crippen molar-refractivity contribution in [2.24, 2.45) is 5.92 Å². The predicted octanol–water partition coefficient (Wildman–Crippen LogP) is 1.81. The maximum absolute atomic E-state index is 12.7. The van der Waals surface area contributed by atoms with Gasteiger partial charge in [-0.15, -0.1) is 0 Å². The normalized spacial score (nSPS) is 21.5. The minimum absolute atomic E-state index is 0.00430. The monoisotopic (exact) mass is 359 g/mol. The Hall–Kier alpha value is -1.92. The minimum atomic E-state index is -0.0156. The third-order valence-corrected chi connectivity index (χ3v) is 5.21. The Kier molecular flexibility index (Phi) is 6.27. The molecule has 6 heteroatoms. The Bertz CT molecular complexity index is 656. The molecule has 2 aliphatic rings. The Morgan fingerprint density at radius 1 is 1.19 bits per heavy atom. The summed E-state index contributed by atoms with van der Waals surface area (Å²) in [5, 5.41) is 3.01. The number of anilines is 1. The Balaban J connectivity index is 1.53. The lowest BCUT2D eigenvalue weighted by atomic mass is 9.96. The van der Waals surface area contributed by atoms with Crippen LogP contribution < -0.4 is 5.32 Å². The molecule has 3 rings (SSSR count). The number of aryl methyl sites for hydroxylation is 2. The van der Waals surface area contributed by atoms with Gasteiger partial charge in [0.2, 0.25) is 11.8 Å². The molecule has 142 valence electrons. The molecule has 6 nitrogen and oxygen atoms in total. The van der Waals surface area contributed by atoms with Crippen LogP contribution in [-0.4, -0.2) is 67.6 Å². The number of morpholine rings is 1. The highest BCUT2D eigenvalue weighted by Crippen LogP contribution is 2.20. The van der Waals surface area contributed by atoms with Gasteiger partial charge in [-0.05, 0) is 50.4 Å². The van der Waals surface area contributed by atoms with Gasteiger partial charge in [0, 0.05) is 25.3 Å². The predicted molar refractivity (Wildman–Crippen MR) is 101 cm³/mol. The first-order valence-corrected chi connectivity index (χ1v) is 9.49. The molecule has 1 aromatic rings. The molecule has 2 heterocycles. The van der Waals surface area contributed by atoms with Crippen LogP contribution in [0.2, 0.25) is 0 Å². The zero-order valence-electron chi connectivity index (χ0n) is 15.8. The van der Waals surface area contributed by atoms with Crippen LogP contribution in [0.25, 0.3) is 0 Å². The lowest BCUT2D eigenvalue weighted by Gasteiger charge is -2.35. The number of benzene rings is 1. The number of nitrogens with zero attached hydrogens (tertiary/aromatic N) is 2. The van der Waals surface area contributed by atoms with Crippen molar-refractivity contribution in [1.29, 1.82) is 0 Å². The zero-order chi connectivity index (χ0) is 18.5. The van der Waals surface area contributed by atoms with Gasteiger partial charge >= 0.3 is 0 Å². The van der Waals surface area contributed by atoms with E-state index in [-0.39, 0.29) is 17.7 Å². The fraction of sp³-hybridized carbons (Fsp3) is 0.600. The maximum atomic E-state index is 12.7. The number of hydrogen-bond acceptors (Lipinski definition) is 4. The van der Waals surface area contributed by atoms with E-state index < -0.39 is 0 Å². The molecule has 0 radical (unpaired) electrons. The summed E-state index contributed by atoms with van der Waals surface area (Å²) in [4.78, 5) is 29.2. The maximum Gasteiger partial charge on any atom is 0.238 e. The summed E-state index contributed by atoms with van der Waals surface area (Å²) in [6, 6.07) is 6.05. The molecule has 0 saturated carbocycles. The van der Waals surface area contributed by atoms with E-state index in [1.54, 1.807) is 0 Å². The molecular weight excluding hydrogens is 330 g/mol. The van der Waals surface area contributed by atoms with Crippen molar-refractivity contribution in [2.75, 3.05) is 51.3 Å². The first-order valence-electron chi connectivity index (χ1n) is 9.49. The molecule has 2 amide bonds. The topological polar surface area (TPSA) is 61.9 Å². The summed E-state index contributed by atoms with van der Waals surface area (Å²) in [7, 11) is 0. The Labute approximate surface area is 155 Å². The fourth-order valence-electron chi connectivity index (χ4n) is 3.71. The average molecular weight is 359 g/mol. The van der Waals surface area contributed by atoms with Gasteiger partial charge < -0.3 is 15.0 Å². The molecular formula is C20H29N3O3.